The van der Waals surface area contributed by atoms with Crippen molar-refractivity contribution in [1.29, 1.82) is 5.41 Å². The van der Waals surface area contributed by atoms with Gasteiger partial charge in [0.2, 0.25) is 0 Å². The predicted octanol–water partition coefficient (Wildman–Crippen LogP) is 3.21. The lowest BCUT2D eigenvalue weighted by Crippen LogP contribution is -2.26. The van der Waals surface area contributed by atoms with Crippen LogP contribution in [0.15, 0.2) is 54.6 Å². The molecular formula is C17H22N2O. The van der Waals surface area contributed by atoms with Crippen molar-refractivity contribution in [2.45, 2.75) is 18.6 Å². The summed E-state index contributed by atoms with van der Waals surface area (Å²) in [5.41, 5.74) is 1.68. The van der Waals surface area contributed by atoms with Gasteiger partial charge in [-0.25, -0.2) is 0 Å². The number of ether oxygens (including phenoxy) is 1. The second-order valence-electron chi connectivity index (χ2n) is 5.25. The Labute approximate surface area is 121 Å². The molecule has 0 heterocycles. The maximum atomic E-state index is 7.94. The second kappa shape index (κ2) is 7.17. The quantitative estimate of drug-likeness (QED) is 0.861. The number of hydrogen-bond donors (Lipinski definition) is 1. The maximum absolute atomic E-state index is 7.94. The average Bonchev–Trinajstić information content (AvgIpc) is 2.46. The number of hydrogen-bond acceptors (Lipinski definition) is 3. The van der Waals surface area contributed by atoms with Crippen molar-refractivity contribution in [2.75, 3.05) is 20.6 Å². The summed E-state index contributed by atoms with van der Waals surface area (Å²) in [4.78, 5) is 2.15. The zero-order valence-corrected chi connectivity index (χ0v) is 12.1. The van der Waals surface area contributed by atoms with E-state index in [-0.39, 0.29) is 12.2 Å². The molecule has 2 rings (SSSR count). The lowest BCUT2D eigenvalue weighted by atomic mass is 10.0. The third kappa shape index (κ3) is 4.15. The average molecular weight is 270 g/mol. The van der Waals surface area contributed by atoms with E-state index >= 15 is 0 Å². The largest absolute Gasteiger partial charge is 0.360 e. The summed E-state index contributed by atoms with van der Waals surface area (Å²) in [6, 6.07) is 10.3. The maximum Gasteiger partial charge on any atom is 0.118 e. The van der Waals surface area contributed by atoms with E-state index in [1.54, 1.807) is 6.08 Å². The van der Waals surface area contributed by atoms with E-state index in [9.17, 15) is 0 Å². The molecule has 1 aromatic carbocycles. The smallest absolute Gasteiger partial charge is 0.118 e. The summed E-state index contributed by atoms with van der Waals surface area (Å²) in [6.07, 6.45) is 8.23. The van der Waals surface area contributed by atoms with E-state index in [0.29, 0.717) is 5.71 Å². The molecule has 1 aliphatic carbocycles. The van der Waals surface area contributed by atoms with Gasteiger partial charge in [0.25, 0.3) is 0 Å². The minimum atomic E-state index is -0.243. The summed E-state index contributed by atoms with van der Waals surface area (Å²) in [5.74, 6) is 0. The van der Waals surface area contributed by atoms with Gasteiger partial charge >= 0.3 is 0 Å². The number of nitrogens with zero attached hydrogens (tertiary/aromatic N) is 1. The van der Waals surface area contributed by atoms with Crippen LogP contribution < -0.4 is 0 Å². The fourth-order valence-corrected chi connectivity index (χ4v) is 2.17. The Balaban J connectivity index is 2.08. The summed E-state index contributed by atoms with van der Waals surface area (Å²) in [6.45, 7) is 0.958. The number of benzene rings is 1. The predicted molar refractivity (Wildman–Crippen MR) is 83.2 cm³/mol. The fraction of sp³-hybridized carbons (Fsp3) is 0.353. The molecule has 0 radical (unpaired) electrons. The highest BCUT2D eigenvalue weighted by Gasteiger charge is 2.20. The number of rotatable bonds is 6. The Morgan fingerprint density at radius 2 is 1.95 bits per heavy atom. The SMILES string of the molecule is CN(C)CC[C@@H](OC1C=CC=CC1=N)c1ccccc1. The molecule has 0 aliphatic heterocycles. The van der Waals surface area contributed by atoms with Crippen molar-refractivity contribution < 1.29 is 4.74 Å². The molecule has 1 aromatic rings. The van der Waals surface area contributed by atoms with Crippen LogP contribution in [0, 0.1) is 5.41 Å². The van der Waals surface area contributed by atoms with E-state index < -0.39 is 0 Å². The molecule has 1 unspecified atom stereocenters. The van der Waals surface area contributed by atoms with Crippen LogP contribution >= 0.6 is 0 Å². The monoisotopic (exact) mass is 270 g/mol. The van der Waals surface area contributed by atoms with Crippen molar-refractivity contribution >= 4 is 5.71 Å². The Morgan fingerprint density at radius 1 is 1.20 bits per heavy atom. The fourth-order valence-electron chi connectivity index (χ4n) is 2.17. The zero-order chi connectivity index (χ0) is 14.4. The lowest BCUT2D eigenvalue weighted by Gasteiger charge is -2.25. The van der Waals surface area contributed by atoms with Crippen molar-refractivity contribution in [2.24, 2.45) is 0 Å². The highest BCUT2D eigenvalue weighted by atomic mass is 16.5. The molecule has 0 aromatic heterocycles. The molecule has 20 heavy (non-hydrogen) atoms. The van der Waals surface area contributed by atoms with E-state index in [4.69, 9.17) is 10.1 Å². The van der Waals surface area contributed by atoms with Gasteiger partial charge in [-0.05, 0) is 38.2 Å². The minimum absolute atomic E-state index is 0.0140. The molecule has 0 bridgehead atoms. The van der Waals surface area contributed by atoms with Gasteiger partial charge in [0, 0.05) is 6.54 Å². The molecule has 0 amide bonds. The number of nitrogens with one attached hydrogen (secondary N) is 1. The van der Waals surface area contributed by atoms with Gasteiger partial charge < -0.3 is 15.0 Å². The molecule has 0 saturated heterocycles. The third-order valence-corrected chi connectivity index (χ3v) is 3.30. The van der Waals surface area contributed by atoms with E-state index in [0.717, 1.165) is 13.0 Å². The molecule has 0 fully saturated rings. The van der Waals surface area contributed by atoms with Gasteiger partial charge in [0.15, 0.2) is 0 Å². The molecule has 1 N–H and O–H groups in total. The van der Waals surface area contributed by atoms with Gasteiger partial charge in [-0.2, -0.15) is 0 Å². The number of allylic oxidation sites excluding steroid dienone is 2. The zero-order valence-electron chi connectivity index (χ0n) is 12.1. The summed E-state index contributed by atoms with van der Waals surface area (Å²) in [7, 11) is 4.13. The van der Waals surface area contributed by atoms with Crippen LogP contribution in [0.1, 0.15) is 18.1 Å². The van der Waals surface area contributed by atoms with Crippen LogP contribution in [0.5, 0.6) is 0 Å². The van der Waals surface area contributed by atoms with E-state index in [1.807, 2.05) is 36.4 Å². The normalized spacial score (nSPS) is 19.6. The standard InChI is InChI=1S/C17H22N2O/c1-19(2)13-12-16(14-8-4-3-5-9-14)20-17-11-7-6-10-15(17)18/h3-11,16-18H,12-13H2,1-2H3/t16-,17?/m1/s1. The highest BCUT2D eigenvalue weighted by Crippen LogP contribution is 2.24. The summed E-state index contributed by atoms with van der Waals surface area (Å²) >= 11 is 0. The van der Waals surface area contributed by atoms with Gasteiger partial charge in [-0.1, -0.05) is 42.5 Å². The summed E-state index contributed by atoms with van der Waals surface area (Å²) in [5, 5.41) is 7.94. The first-order valence-corrected chi connectivity index (χ1v) is 6.95. The first kappa shape index (κ1) is 14.7. The van der Waals surface area contributed by atoms with Crippen molar-refractivity contribution in [3.63, 3.8) is 0 Å². The highest BCUT2D eigenvalue weighted by molar-refractivity contribution is 5.98. The Bertz CT molecular complexity index is 491. The van der Waals surface area contributed by atoms with Crippen molar-refractivity contribution in [3.05, 3.63) is 60.2 Å². The van der Waals surface area contributed by atoms with Crippen LogP contribution in [-0.2, 0) is 4.74 Å². The van der Waals surface area contributed by atoms with Gasteiger partial charge in [0.05, 0.1) is 11.8 Å². The van der Waals surface area contributed by atoms with Crippen molar-refractivity contribution in [1.82, 2.24) is 4.90 Å². The molecule has 1 aliphatic rings. The topological polar surface area (TPSA) is 36.3 Å². The third-order valence-electron chi connectivity index (χ3n) is 3.30. The summed E-state index contributed by atoms with van der Waals surface area (Å²) < 4.78 is 6.15. The molecule has 106 valence electrons. The molecule has 0 saturated carbocycles. The van der Waals surface area contributed by atoms with E-state index in [1.165, 1.54) is 5.56 Å². The molecule has 0 spiro atoms. The van der Waals surface area contributed by atoms with E-state index in [2.05, 4.69) is 31.1 Å². The van der Waals surface area contributed by atoms with Crippen LogP contribution in [0.3, 0.4) is 0 Å². The first-order valence-electron chi connectivity index (χ1n) is 6.95. The molecule has 3 nitrogen and oxygen atoms in total. The second-order valence-corrected chi connectivity index (χ2v) is 5.25. The van der Waals surface area contributed by atoms with Crippen LogP contribution in [0.25, 0.3) is 0 Å². The first-order chi connectivity index (χ1) is 9.66. The van der Waals surface area contributed by atoms with Crippen LogP contribution in [0.4, 0.5) is 0 Å². The molecule has 2 atom stereocenters. The Morgan fingerprint density at radius 3 is 2.60 bits per heavy atom. The lowest BCUT2D eigenvalue weighted by molar-refractivity contribution is 0.0346. The van der Waals surface area contributed by atoms with Gasteiger partial charge in [0.1, 0.15) is 6.10 Å². The van der Waals surface area contributed by atoms with Crippen molar-refractivity contribution in [3.8, 4) is 0 Å². The Hall–Kier alpha value is -1.71. The minimum Gasteiger partial charge on any atom is -0.360 e. The van der Waals surface area contributed by atoms with Crippen LogP contribution in [0.2, 0.25) is 0 Å². The van der Waals surface area contributed by atoms with Gasteiger partial charge in [-0.15, -0.1) is 0 Å². The van der Waals surface area contributed by atoms with Crippen LogP contribution in [-0.4, -0.2) is 37.4 Å². The molecular weight excluding hydrogens is 248 g/mol. The Kier molecular flexibility index (Phi) is 5.27. The van der Waals surface area contributed by atoms with Gasteiger partial charge in [-0.3, -0.25) is 0 Å². The molecule has 3 heteroatoms.